The van der Waals surface area contributed by atoms with Gasteiger partial charge < -0.3 is 21.0 Å². The van der Waals surface area contributed by atoms with Crippen LogP contribution in [0.2, 0.25) is 0 Å². The maximum atomic E-state index is 11.7. The average molecular weight is 567 g/mol. The first-order valence-electron chi connectivity index (χ1n) is 13.5. The second-order valence-corrected chi connectivity index (χ2v) is 14.6. The quantitative estimate of drug-likeness (QED) is 0.177. The Morgan fingerprint density at radius 1 is 0.743 bits per heavy atom. The number of unbranched alkanes of at least 4 members (excludes halogenated alkanes) is 1. The molecule has 2 fully saturated rings. The van der Waals surface area contributed by atoms with E-state index < -0.39 is 0 Å². The predicted molar refractivity (Wildman–Crippen MR) is 161 cm³/mol. The zero-order valence-corrected chi connectivity index (χ0v) is 25.3. The molecule has 2 rings (SSSR count). The van der Waals surface area contributed by atoms with Gasteiger partial charge in [-0.25, -0.2) is 0 Å². The Kier molecular flexibility index (Phi) is 21.7. The predicted octanol–water partition coefficient (Wildman–Crippen LogP) is 5.42. The second kappa shape index (κ2) is 22.6. The summed E-state index contributed by atoms with van der Waals surface area (Å²) in [5.74, 6) is 4.99. The van der Waals surface area contributed by atoms with Crippen molar-refractivity contribution in [2.75, 3.05) is 49.3 Å². The van der Waals surface area contributed by atoms with Gasteiger partial charge in [0.15, 0.2) is 5.78 Å². The van der Waals surface area contributed by atoms with E-state index >= 15 is 0 Å². The fourth-order valence-electron chi connectivity index (χ4n) is 3.64. The smallest absolute Gasteiger partial charge is 0.158 e. The van der Waals surface area contributed by atoms with Crippen LogP contribution in [0.5, 0.6) is 0 Å². The highest BCUT2D eigenvalue weighted by Gasteiger charge is 2.31. The third-order valence-corrected chi connectivity index (χ3v) is 12.3. The summed E-state index contributed by atoms with van der Waals surface area (Å²) >= 11 is 8.27. The van der Waals surface area contributed by atoms with Gasteiger partial charge in [0, 0.05) is 65.0 Å². The summed E-state index contributed by atoms with van der Waals surface area (Å²) in [5, 5.41) is 3.40. The minimum absolute atomic E-state index is 0.180. The molecule has 206 valence electrons. The number of thioether (sulfide) groups is 4. The van der Waals surface area contributed by atoms with Crippen LogP contribution in [0, 0.1) is 0 Å². The maximum Gasteiger partial charge on any atom is 0.158 e. The van der Waals surface area contributed by atoms with Crippen molar-refractivity contribution in [2.45, 2.75) is 99.1 Å². The molecule has 2 aliphatic rings. The lowest BCUT2D eigenvalue weighted by Crippen LogP contribution is -2.33. The van der Waals surface area contributed by atoms with Crippen LogP contribution in [0.1, 0.15) is 78.1 Å². The Bertz CT molecular complexity index is 543. The molecule has 9 heteroatoms. The van der Waals surface area contributed by atoms with Crippen LogP contribution in [0.4, 0.5) is 0 Å². The van der Waals surface area contributed by atoms with Crippen LogP contribution >= 0.6 is 47.0 Å². The summed E-state index contributed by atoms with van der Waals surface area (Å²) in [4.78, 5) is 22.5. The Morgan fingerprint density at radius 3 is 1.66 bits per heavy atom. The van der Waals surface area contributed by atoms with Gasteiger partial charge in [0.05, 0.1) is 0 Å². The number of Topliss-reactive ketones (excluding diaryl/α,β-unsaturated/α-hetero) is 2. The Hall–Kier alpha value is 0.620. The molecule has 4 unspecified atom stereocenters. The topological polar surface area (TPSA) is 95.4 Å². The summed E-state index contributed by atoms with van der Waals surface area (Å²) in [5.41, 5.74) is 10.9. The summed E-state index contributed by atoms with van der Waals surface area (Å²) in [6.45, 7) is 6.18. The average Bonchev–Trinajstić information content (AvgIpc) is 2.80. The van der Waals surface area contributed by atoms with E-state index in [1.807, 2.05) is 23.5 Å². The van der Waals surface area contributed by atoms with Gasteiger partial charge in [0.1, 0.15) is 12.4 Å². The fraction of sp³-hybridized carbons (Fsp3) is 0.923. The Morgan fingerprint density at radius 2 is 1.23 bits per heavy atom. The largest absolute Gasteiger partial charge is 0.374 e. The molecular weight excluding hydrogens is 517 g/mol. The van der Waals surface area contributed by atoms with Gasteiger partial charge in [-0.15, -0.1) is 0 Å². The first-order chi connectivity index (χ1) is 17.0. The second-order valence-electron chi connectivity index (χ2n) is 9.22. The van der Waals surface area contributed by atoms with E-state index in [0.29, 0.717) is 19.4 Å². The molecule has 4 N–H and O–H groups in total. The van der Waals surface area contributed by atoms with Crippen molar-refractivity contribution in [2.24, 2.45) is 11.5 Å². The number of nitrogens with two attached hydrogens (primary N) is 2. The van der Waals surface area contributed by atoms with Gasteiger partial charge in [-0.2, -0.15) is 47.0 Å². The van der Waals surface area contributed by atoms with Crippen molar-refractivity contribution in [1.29, 1.82) is 0 Å². The van der Waals surface area contributed by atoms with Crippen molar-refractivity contribution < 1.29 is 14.3 Å². The van der Waals surface area contributed by atoms with E-state index in [1.54, 1.807) is 6.92 Å². The van der Waals surface area contributed by atoms with E-state index in [0.717, 1.165) is 64.2 Å². The van der Waals surface area contributed by atoms with Crippen LogP contribution in [-0.2, 0) is 14.3 Å². The molecule has 2 saturated carbocycles. The summed E-state index contributed by atoms with van der Waals surface area (Å²) in [6.07, 6.45) is 11.0. The number of carbonyl (C=O) groups is 2. The highest BCUT2D eigenvalue weighted by atomic mass is 32.2. The van der Waals surface area contributed by atoms with Gasteiger partial charge in [-0.3, -0.25) is 4.79 Å². The minimum Gasteiger partial charge on any atom is -0.374 e. The highest BCUT2D eigenvalue weighted by Crippen LogP contribution is 2.41. The van der Waals surface area contributed by atoms with Gasteiger partial charge in [-0.1, -0.05) is 13.3 Å². The van der Waals surface area contributed by atoms with Crippen LogP contribution in [0.15, 0.2) is 0 Å². The molecular formula is C26H50N2O3S4. The standard InChI is InChI=1S/C18H32O3S2.C8H18N2S2/c1-3-4-12-22-17-9-10-18(17)23-13-6-8-16(20)14-21-11-5-7-15(2)19;9-3-5-11-7-1-2-8(7)12-6-4-10/h17-18H,3-14H2,1-2H3;7-8H,1-6,9-10H2. The Balaban J connectivity index is 0.000000427. The summed E-state index contributed by atoms with van der Waals surface area (Å²) < 4.78 is 5.32. The monoisotopic (exact) mass is 566 g/mol. The van der Waals surface area contributed by atoms with Gasteiger partial charge in [-0.05, 0) is 63.4 Å². The molecule has 0 heterocycles. The number of rotatable bonds is 21. The van der Waals surface area contributed by atoms with E-state index in [9.17, 15) is 9.59 Å². The van der Waals surface area contributed by atoms with E-state index in [2.05, 4.69) is 30.4 Å². The number of ether oxygens (including phenoxy) is 1. The van der Waals surface area contributed by atoms with Crippen molar-refractivity contribution in [3.8, 4) is 0 Å². The minimum atomic E-state index is 0.180. The molecule has 0 bridgehead atoms. The number of hydrogen-bond acceptors (Lipinski definition) is 9. The molecule has 5 nitrogen and oxygen atoms in total. The lowest BCUT2D eigenvalue weighted by molar-refractivity contribution is -0.123. The molecule has 0 aromatic heterocycles. The van der Waals surface area contributed by atoms with Crippen molar-refractivity contribution in [3.05, 3.63) is 0 Å². The van der Waals surface area contributed by atoms with Gasteiger partial charge in [0.25, 0.3) is 0 Å². The van der Waals surface area contributed by atoms with E-state index in [4.69, 9.17) is 16.2 Å². The molecule has 4 atom stereocenters. The highest BCUT2D eigenvalue weighted by molar-refractivity contribution is 8.04. The molecule has 0 radical (unpaired) electrons. The van der Waals surface area contributed by atoms with Crippen molar-refractivity contribution in [1.82, 2.24) is 0 Å². The van der Waals surface area contributed by atoms with Crippen molar-refractivity contribution in [3.63, 3.8) is 0 Å². The van der Waals surface area contributed by atoms with Crippen LogP contribution in [0.25, 0.3) is 0 Å². The van der Waals surface area contributed by atoms with Gasteiger partial charge >= 0.3 is 0 Å². The van der Waals surface area contributed by atoms with Crippen molar-refractivity contribution >= 4 is 58.6 Å². The third kappa shape index (κ3) is 16.9. The molecule has 0 amide bonds. The molecule has 0 aromatic carbocycles. The zero-order chi connectivity index (χ0) is 25.7. The van der Waals surface area contributed by atoms with Crippen LogP contribution < -0.4 is 11.5 Å². The Labute approximate surface area is 231 Å². The first-order valence-corrected chi connectivity index (χ1v) is 17.7. The summed E-state index contributed by atoms with van der Waals surface area (Å²) in [6, 6.07) is 0. The normalized spacial score (nSPS) is 23.1. The van der Waals surface area contributed by atoms with Gasteiger partial charge in [0.2, 0.25) is 0 Å². The summed E-state index contributed by atoms with van der Waals surface area (Å²) in [7, 11) is 0. The first kappa shape index (κ1) is 33.6. The SMILES string of the molecule is CCCCSC1CCC1SCCCC(=O)COCCCC(C)=O.NCCSC1CCC1SCCN. The zero-order valence-electron chi connectivity index (χ0n) is 22.0. The lowest BCUT2D eigenvalue weighted by Gasteiger charge is -2.35. The number of hydrogen-bond donors (Lipinski definition) is 2. The molecule has 0 spiro atoms. The maximum absolute atomic E-state index is 11.7. The molecule has 0 aromatic rings. The number of carbonyl (C=O) groups excluding carboxylic acids is 2. The van der Waals surface area contributed by atoms with E-state index in [1.165, 1.54) is 44.3 Å². The third-order valence-electron chi connectivity index (χ3n) is 6.04. The molecule has 35 heavy (non-hydrogen) atoms. The van der Waals surface area contributed by atoms with E-state index in [-0.39, 0.29) is 18.2 Å². The van der Waals surface area contributed by atoms with Crippen LogP contribution in [-0.4, -0.2) is 81.9 Å². The van der Waals surface area contributed by atoms with Crippen LogP contribution in [0.3, 0.4) is 0 Å². The lowest BCUT2D eigenvalue weighted by atomic mass is 9.99. The molecule has 0 aliphatic heterocycles. The molecule has 2 aliphatic carbocycles. The molecule has 0 saturated heterocycles. The number of ketones is 2. The fourth-order valence-corrected chi connectivity index (χ4v) is 9.45.